The van der Waals surface area contributed by atoms with Crippen LogP contribution in [0.1, 0.15) is 6.42 Å². The van der Waals surface area contributed by atoms with Crippen LogP contribution in [0.5, 0.6) is 0 Å². The molecule has 7 nitrogen and oxygen atoms in total. The number of nitrogens with one attached hydrogen (secondary N) is 1. The van der Waals surface area contributed by atoms with Crippen molar-refractivity contribution in [2.24, 2.45) is 0 Å². The Morgan fingerprint density at radius 3 is 2.50 bits per heavy atom. The Hall–Kier alpha value is -0.220. The second-order valence-corrected chi connectivity index (χ2v) is 8.40. The number of hydrogen-bond donors (Lipinski definition) is 2. The molecule has 2 rings (SSSR count). The van der Waals surface area contributed by atoms with Crippen LogP contribution in [-0.4, -0.2) is 62.4 Å². The summed E-state index contributed by atoms with van der Waals surface area (Å²) in [6, 6.07) is 0. The van der Waals surface area contributed by atoms with Gasteiger partial charge in [0.25, 0.3) is 0 Å². The normalized spacial score (nSPS) is 35.6. The van der Waals surface area contributed by atoms with E-state index in [4.69, 9.17) is 0 Å². The molecule has 0 radical (unpaired) electrons. The minimum atomic E-state index is -3.72. The van der Waals surface area contributed by atoms with Gasteiger partial charge in [0.2, 0.25) is 10.0 Å². The molecule has 0 aliphatic carbocycles. The summed E-state index contributed by atoms with van der Waals surface area (Å²) in [4.78, 5) is 0. The van der Waals surface area contributed by atoms with E-state index in [9.17, 15) is 21.9 Å². The smallest absolute Gasteiger partial charge is 0.221 e. The van der Waals surface area contributed by atoms with Crippen molar-refractivity contribution >= 4 is 19.9 Å². The van der Waals surface area contributed by atoms with Crippen molar-refractivity contribution in [3.05, 3.63) is 0 Å². The van der Waals surface area contributed by atoms with Crippen molar-refractivity contribution in [2.45, 2.75) is 18.0 Å². The van der Waals surface area contributed by atoms with Gasteiger partial charge in [0, 0.05) is 13.1 Å². The maximum Gasteiger partial charge on any atom is 0.221 e. The first-order chi connectivity index (χ1) is 7.33. The predicted molar refractivity (Wildman–Crippen MR) is 56.7 cm³/mol. The molecule has 2 saturated heterocycles. The highest BCUT2D eigenvalue weighted by molar-refractivity contribution is 7.95. The van der Waals surface area contributed by atoms with Crippen molar-refractivity contribution in [1.29, 1.82) is 0 Å². The van der Waals surface area contributed by atoms with Crippen LogP contribution in [0.3, 0.4) is 0 Å². The lowest BCUT2D eigenvalue weighted by atomic mass is 10.4. The van der Waals surface area contributed by atoms with E-state index in [1.54, 1.807) is 0 Å². The summed E-state index contributed by atoms with van der Waals surface area (Å²) >= 11 is 0. The number of sulfonamides is 1. The maximum atomic E-state index is 12.0. The molecule has 0 aromatic carbocycles. The molecule has 2 fully saturated rings. The van der Waals surface area contributed by atoms with Gasteiger partial charge in [-0.15, -0.1) is 0 Å². The summed E-state index contributed by atoms with van der Waals surface area (Å²) in [5, 5.41) is 11.1. The Balaban J connectivity index is 2.20. The van der Waals surface area contributed by atoms with Crippen molar-refractivity contribution in [3.8, 4) is 0 Å². The molecule has 2 aliphatic rings. The van der Waals surface area contributed by atoms with E-state index >= 15 is 0 Å². The van der Waals surface area contributed by atoms with Gasteiger partial charge in [-0.25, -0.2) is 16.8 Å². The Labute approximate surface area is 94.4 Å². The average Bonchev–Trinajstić information content (AvgIpc) is 2.72. The first-order valence-electron chi connectivity index (χ1n) is 4.95. The number of sulfone groups is 1. The van der Waals surface area contributed by atoms with Gasteiger partial charge in [-0.1, -0.05) is 0 Å². The van der Waals surface area contributed by atoms with E-state index < -0.39 is 31.5 Å². The van der Waals surface area contributed by atoms with E-state index in [0.717, 1.165) is 4.31 Å². The van der Waals surface area contributed by atoms with Gasteiger partial charge >= 0.3 is 0 Å². The minimum Gasteiger partial charge on any atom is -0.364 e. The first-order valence-corrected chi connectivity index (χ1v) is 8.28. The van der Waals surface area contributed by atoms with E-state index in [1.807, 2.05) is 0 Å². The fourth-order valence-electron chi connectivity index (χ4n) is 1.98. The molecule has 0 aromatic rings. The summed E-state index contributed by atoms with van der Waals surface area (Å²) in [5.41, 5.74) is 0. The van der Waals surface area contributed by atoms with Crippen LogP contribution in [0.2, 0.25) is 0 Å². The molecule has 2 N–H and O–H groups in total. The van der Waals surface area contributed by atoms with Crippen LogP contribution in [-0.2, 0) is 19.9 Å². The van der Waals surface area contributed by atoms with Crippen molar-refractivity contribution in [3.63, 3.8) is 0 Å². The predicted octanol–water partition coefficient (Wildman–Crippen LogP) is -2.32. The van der Waals surface area contributed by atoms with Crippen LogP contribution in [0.4, 0.5) is 0 Å². The number of hydrogen-bond acceptors (Lipinski definition) is 6. The highest BCUT2D eigenvalue weighted by Gasteiger charge is 2.43. The minimum absolute atomic E-state index is 0.0890. The Morgan fingerprint density at radius 1 is 1.38 bits per heavy atom. The molecule has 2 aliphatic heterocycles. The summed E-state index contributed by atoms with van der Waals surface area (Å²) in [5.74, 6) is -0.424. The third-order valence-electron chi connectivity index (χ3n) is 2.87. The highest BCUT2D eigenvalue weighted by Crippen LogP contribution is 2.23. The van der Waals surface area contributed by atoms with E-state index in [0.29, 0.717) is 6.54 Å². The van der Waals surface area contributed by atoms with Crippen LogP contribution in [0.15, 0.2) is 0 Å². The Morgan fingerprint density at radius 2 is 2.06 bits per heavy atom. The standard InChI is InChI=1S/C7H14N2O5S2/c10-7-8-2-3-9(7)16(13,14)6-1-4-15(11,12)5-6/h6-8,10H,1-5H2/t6-,7+/m0/s1. The quantitative estimate of drug-likeness (QED) is 0.584. The molecular formula is C7H14N2O5S2. The molecule has 2 heterocycles. The Kier molecular flexibility index (Phi) is 2.99. The van der Waals surface area contributed by atoms with Crippen molar-refractivity contribution in [1.82, 2.24) is 9.62 Å². The molecule has 0 amide bonds. The number of aliphatic hydroxyl groups excluding tert-OH is 1. The van der Waals surface area contributed by atoms with Gasteiger partial charge in [0.15, 0.2) is 16.2 Å². The van der Waals surface area contributed by atoms with E-state index in [1.165, 1.54) is 0 Å². The van der Waals surface area contributed by atoms with Gasteiger partial charge in [-0.05, 0) is 6.42 Å². The summed E-state index contributed by atoms with van der Waals surface area (Å²) in [6.45, 7) is 0.555. The highest BCUT2D eigenvalue weighted by atomic mass is 32.2. The Bertz CT molecular complexity index is 471. The lowest BCUT2D eigenvalue weighted by molar-refractivity contribution is 0.0751. The molecule has 9 heteroatoms. The SMILES string of the molecule is O=S1(=O)CC[C@H](S(=O)(=O)N2CCN[C@H]2O)C1. The lowest BCUT2D eigenvalue weighted by Gasteiger charge is -2.22. The monoisotopic (exact) mass is 270 g/mol. The second kappa shape index (κ2) is 3.91. The summed E-state index contributed by atoms with van der Waals surface area (Å²) < 4.78 is 47.4. The van der Waals surface area contributed by atoms with Crippen LogP contribution in [0.25, 0.3) is 0 Å². The zero-order valence-electron chi connectivity index (χ0n) is 8.53. The first kappa shape index (κ1) is 12.2. The fourth-order valence-corrected chi connectivity index (χ4v) is 6.48. The molecule has 94 valence electrons. The maximum absolute atomic E-state index is 12.0. The van der Waals surface area contributed by atoms with Gasteiger partial charge in [0.1, 0.15) is 0 Å². The lowest BCUT2D eigenvalue weighted by Crippen LogP contribution is -2.44. The van der Waals surface area contributed by atoms with Crippen LogP contribution in [0, 0.1) is 0 Å². The molecule has 0 unspecified atom stereocenters. The van der Waals surface area contributed by atoms with Gasteiger partial charge in [-0.2, -0.15) is 4.31 Å². The van der Waals surface area contributed by atoms with Gasteiger partial charge in [0.05, 0.1) is 16.8 Å². The summed E-state index contributed by atoms with van der Waals surface area (Å²) in [7, 11) is -6.95. The van der Waals surface area contributed by atoms with Crippen molar-refractivity contribution < 1.29 is 21.9 Å². The second-order valence-electron chi connectivity index (χ2n) is 4.01. The number of nitrogens with zero attached hydrogens (tertiary/aromatic N) is 1. The van der Waals surface area contributed by atoms with E-state index in [-0.39, 0.29) is 24.5 Å². The molecular weight excluding hydrogens is 256 g/mol. The molecule has 16 heavy (non-hydrogen) atoms. The molecule has 0 aromatic heterocycles. The molecule has 0 bridgehead atoms. The van der Waals surface area contributed by atoms with Crippen molar-refractivity contribution in [2.75, 3.05) is 24.6 Å². The van der Waals surface area contributed by atoms with Gasteiger partial charge in [-0.3, -0.25) is 5.32 Å². The number of rotatable bonds is 2. The zero-order valence-corrected chi connectivity index (χ0v) is 10.2. The molecule has 0 spiro atoms. The third-order valence-corrected chi connectivity index (χ3v) is 7.13. The van der Waals surface area contributed by atoms with E-state index in [2.05, 4.69) is 5.32 Å². The third kappa shape index (κ3) is 2.09. The number of aliphatic hydroxyl groups is 1. The van der Waals surface area contributed by atoms with Gasteiger partial charge < -0.3 is 5.11 Å². The molecule has 0 saturated carbocycles. The van der Waals surface area contributed by atoms with Crippen LogP contribution < -0.4 is 5.32 Å². The average molecular weight is 270 g/mol. The fraction of sp³-hybridized carbons (Fsp3) is 1.00. The topological polar surface area (TPSA) is 104 Å². The zero-order chi connectivity index (χ0) is 12.0. The van der Waals surface area contributed by atoms with Crippen LogP contribution >= 0.6 is 0 Å². The summed E-state index contributed by atoms with van der Waals surface area (Å²) in [6.07, 6.45) is -1.11. The largest absolute Gasteiger partial charge is 0.364 e. The molecule has 2 atom stereocenters.